The first kappa shape index (κ1) is 24.1. The summed E-state index contributed by atoms with van der Waals surface area (Å²) in [6.45, 7) is 11.3. The zero-order chi connectivity index (χ0) is 25.4. The normalized spacial score (nSPS) is 14.6. The molecule has 5 rings (SSSR count). The van der Waals surface area contributed by atoms with Gasteiger partial charge >= 0.3 is 0 Å². The summed E-state index contributed by atoms with van der Waals surface area (Å²) >= 11 is 0. The minimum Gasteiger partial charge on any atom is -0.340 e. The number of aryl methyl sites for hydroxylation is 3. The predicted molar refractivity (Wildman–Crippen MR) is 133 cm³/mol. The Kier molecular flexibility index (Phi) is 6.53. The molecule has 0 bridgehead atoms. The molecular formula is C26H31FN8O. The number of fused-ring (bicyclic) bond motifs is 1. The van der Waals surface area contributed by atoms with Crippen LogP contribution in [0.3, 0.4) is 0 Å². The highest BCUT2D eigenvalue weighted by molar-refractivity contribution is 5.76. The number of carbonyl (C=O) groups is 1. The summed E-state index contributed by atoms with van der Waals surface area (Å²) in [5, 5.41) is 17.5. The fourth-order valence-corrected chi connectivity index (χ4v) is 4.80. The summed E-state index contributed by atoms with van der Waals surface area (Å²) in [6.07, 6.45) is 1.07. The van der Waals surface area contributed by atoms with Gasteiger partial charge in [-0.3, -0.25) is 9.69 Å². The van der Waals surface area contributed by atoms with E-state index in [2.05, 4.69) is 20.2 Å². The van der Waals surface area contributed by atoms with Crippen molar-refractivity contribution in [1.29, 1.82) is 0 Å². The Morgan fingerprint density at radius 3 is 2.50 bits per heavy atom. The van der Waals surface area contributed by atoms with Gasteiger partial charge in [0, 0.05) is 44.8 Å². The molecule has 0 N–H and O–H groups in total. The molecule has 4 aromatic rings. The van der Waals surface area contributed by atoms with Gasteiger partial charge in [0.25, 0.3) is 0 Å². The maximum atomic E-state index is 13.9. The average molecular weight is 491 g/mol. The molecule has 36 heavy (non-hydrogen) atoms. The summed E-state index contributed by atoms with van der Waals surface area (Å²) in [4.78, 5) is 17.2. The first-order chi connectivity index (χ1) is 17.3. The maximum Gasteiger partial charge on any atom is 0.222 e. The molecule has 9 nitrogen and oxygen atoms in total. The molecule has 1 fully saturated rings. The van der Waals surface area contributed by atoms with Gasteiger partial charge in [0.05, 0.1) is 5.69 Å². The molecule has 0 saturated carbocycles. The van der Waals surface area contributed by atoms with Crippen molar-refractivity contribution in [3.63, 3.8) is 0 Å². The lowest BCUT2D eigenvalue weighted by Gasteiger charge is -2.35. The van der Waals surface area contributed by atoms with Crippen LogP contribution >= 0.6 is 0 Å². The number of nitrogens with zero attached hydrogens (tertiary/aromatic N) is 8. The van der Waals surface area contributed by atoms with E-state index in [4.69, 9.17) is 5.10 Å². The van der Waals surface area contributed by atoms with Crippen LogP contribution in [0.25, 0.3) is 11.5 Å². The van der Waals surface area contributed by atoms with E-state index in [1.54, 1.807) is 17.5 Å². The number of piperazine rings is 1. The van der Waals surface area contributed by atoms with Crippen LogP contribution in [-0.4, -0.2) is 71.5 Å². The third kappa shape index (κ3) is 4.73. The largest absolute Gasteiger partial charge is 0.340 e. The molecule has 3 aromatic heterocycles. The summed E-state index contributed by atoms with van der Waals surface area (Å²) < 4.78 is 17.4. The second-order valence-electron chi connectivity index (χ2n) is 9.51. The van der Waals surface area contributed by atoms with Crippen molar-refractivity contribution in [3.05, 3.63) is 70.1 Å². The number of carbonyl (C=O) groups excluding carboxylic acids is 1. The molecule has 0 radical (unpaired) electrons. The van der Waals surface area contributed by atoms with Crippen molar-refractivity contribution in [2.45, 2.75) is 47.1 Å². The van der Waals surface area contributed by atoms with E-state index < -0.39 is 0 Å². The Bertz CT molecular complexity index is 1420. The minimum absolute atomic E-state index is 0.155. The fourth-order valence-electron chi connectivity index (χ4n) is 4.80. The SMILES string of the molecule is Cc1ccc(CN2CCN(C(=O)CCc3c(C)nn(-c4ccc5nnc(C)n5n4)c3C)CC2)cc1F. The number of hydrogen-bond acceptors (Lipinski definition) is 6. The lowest BCUT2D eigenvalue weighted by Crippen LogP contribution is -2.48. The number of rotatable bonds is 6. The van der Waals surface area contributed by atoms with Crippen LogP contribution in [0.2, 0.25) is 0 Å². The highest BCUT2D eigenvalue weighted by atomic mass is 19.1. The van der Waals surface area contributed by atoms with E-state index in [1.165, 1.54) is 0 Å². The van der Waals surface area contributed by atoms with Gasteiger partial charge in [-0.25, -0.2) is 9.07 Å². The minimum atomic E-state index is -0.166. The van der Waals surface area contributed by atoms with Crippen LogP contribution in [-0.2, 0) is 17.8 Å². The number of halogens is 1. The molecule has 1 saturated heterocycles. The second kappa shape index (κ2) is 9.77. The van der Waals surface area contributed by atoms with E-state index in [9.17, 15) is 9.18 Å². The zero-order valence-corrected chi connectivity index (χ0v) is 21.2. The van der Waals surface area contributed by atoms with Crippen LogP contribution in [0.15, 0.2) is 30.3 Å². The van der Waals surface area contributed by atoms with Gasteiger partial charge in [0.1, 0.15) is 5.82 Å². The van der Waals surface area contributed by atoms with Gasteiger partial charge in [-0.2, -0.15) is 9.61 Å². The third-order valence-corrected chi connectivity index (χ3v) is 7.02. The Labute approximate surface area is 209 Å². The van der Waals surface area contributed by atoms with Crippen LogP contribution < -0.4 is 0 Å². The number of aromatic nitrogens is 6. The Hall–Kier alpha value is -3.66. The smallest absolute Gasteiger partial charge is 0.222 e. The first-order valence-corrected chi connectivity index (χ1v) is 12.3. The molecule has 0 aliphatic carbocycles. The lowest BCUT2D eigenvalue weighted by atomic mass is 10.1. The highest BCUT2D eigenvalue weighted by Crippen LogP contribution is 2.20. The van der Waals surface area contributed by atoms with E-state index in [1.807, 2.05) is 54.6 Å². The average Bonchev–Trinajstić information content (AvgIpc) is 3.38. The van der Waals surface area contributed by atoms with Crippen molar-refractivity contribution in [3.8, 4) is 5.82 Å². The van der Waals surface area contributed by atoms with Gasteiger partial charge < -0.3 is 4.90 Å². The Balaban J connectivity index is 1.18. The van der Waals surface area contributed by atoms with E-state index in [-0.39, 0.29) is 11.7 Å². The van der Waals surface area contributed by atoms with Gasteiger partial charge in [0.2, 0.25) is 5.91 Å². The number of amides is 1. The molecule has 1 amide bonds. The first-order valence-electron chi connectivity index (χ1n) is 12.3. The Morgan fingerprint density at radius 1 is 0.972 bits per heavy atom. The standard InChI is InChI=1S/C26H31FN8O/c1-17-5-6-21(15-23(17)27)16-32-11-13-33(14-12-32)26(36)10-7-22-18(2)30-34(19(22)3)25-9-8-24-29-28-20(4)35(24)31-25/h5-6,8-9,15H,7,10-14,16H2,1-4H3. The zero-order valence-electron chi connectivity index (χ0n) is 21.2. The summed E-state index contributed by atoms with van der Waals surface area (Å²) in [7, 11) is 0. The summed E-state index contributed by atoms with van der Waals surface area (Å²) in [6, 6.07) is 9.15. The second-order valence-corrected chi connectivity index (χ2v) is 9.51. The van der Waals surface area contributed by atoms with Crippen LogP contribution in [0.1, 0.15) is 40.3 Å². The van der Waals surface area contributed by atoms with Crippen LogP contribution in [0, 0.1) is 33.5 Å². The van der Waals surface area contributed by atoms with E-state index >= 15 is 0 Å². The van der Waals surface area contributed by atoms with E-state index in [0.29, 0.717) is 55.3 Å². The quantitative estimate of drug-likeness (QED) is 0.413. The molecule has 0 unspecified atom stereocenters. The molecular weight excluding hydrogens is 459 g/mol. The maximum absolute atomic E-state index is 13.9. The fraction of sp³-hybridized carbons (Fsp3) is 0.423. The van der Waals surface area contributed by atoms with Crippen LogP contribution in [0.5, 0.6) is 0 Å². The van der Waals surface area contributed by atoms with Crippen molar-refractivity contribution < 1.29 is 9.18 Å². The molecule has 1 aliphatic rings. The van der Waals surface area contributed by atoms with Crippen molar-refractivity contribution in [2.24, 2.45) is 0 Å². The summed E-state index contributed by atoms with van der Waals surface area (Å²) in [5.74, 6) is 1.39. The molecule has 1 aromatic carbocycles. The van der Waals surface area contributed by atoms with Gasteiger partial charge in [-0.1, -0.05) is 12.1 Å². The molecule has 0 spiro atoms. The summed E-state index contributed by atoms with van der Waals surface area (Å²) in [5.41, 5.74) is 5.27. The highest BCUT2D eigenvalue weighted by Gasteiger charge is 2.22. The molecule has 188 valence electrons. The van der Waals surface area contributed by atoms with Crippen molar-refractivity contribution in [2.75, 3.05) is 26.2 Å². The molecule has 10 heteroatoms. The Morgan fingerprint density at radius 2 is 1.75 bits per heavy atom. The third-order valence-electron chi connectivity index (χ3n) is 7.02. The van der Waals surface area contributed by atoms with Gasteiger partial charge in [-0.05, 0) is 69.0 Å². The van der Waals surface area contributed by atoms with Gasteiger partial charge in [-0.15, -0.1) is 15.3 Å². The van der Waals surface area contributed by atoms with Crippen molar-refractivity contribution in [1.82, 2.24) is 39.4 Å². The van der Waals surface area contributed by atoms with Crippen LogP contribution in [0.4, 0.5) is 4.39 Å². The molecule has 1 aliphatic heterocycles. The lowest BCUT2D eigenvalue weighted by molar-refractivity contribution is -0.133. The van der Waals surface area contributed by atoms with E-state index in [0.717, 1.165) is 35.6 Å². The van der Waals surface area contributed by atoms with Gasteiger partial charge in [0.15, 0.2) is 17.3 Å². The number of hydrogen-bond donors (Lipinski definition) is 0. The van der Waals surface area contributed by atoms with Crippen molar-refractivity contribution >= 4 is 11.6 Å². The predicted octanol–water partition coefficient (Wildman–Crippen LogP) is 2.96. The topological polar surface area (TPSA) is 84.5 Å². The number of benzene rings is 1. The molecule has 4 heterocycles. The monoisotopic (exact) mass is 490 g/mol. The molecule has 0 atom stereocenters.